The molecule has 1 rings (SSSR count). The maximum atomic E-state index is 11.8. The summed E-state index contributed by atoms with van der Waals surface area (Å²) in [6, 6.07) is 4.37. The Morgan fingerprint density at radius 1 is 1.21 bits per heavy atom. The molecule has 0 aliphatic heterocycles. The summed E-state index contributed by atoms with van der Waals surface area (Å²) in [6.07, 6.45) is 1.11. The van der Waals surface area contributed by atoms with Crippen molar-refractivity contribution in [3.05, 3.63) is 36.6 Å². The molecular formula is C13H14O6. The predicted molar refractivity (Wildman–Crippen MR) is 66.1 cm³/mol. The number of hydrogen-bond donors (Lipinski definition) is 0. The first-order valence-electron chi connectivity index (χ1n) is 5.30. The molecule has 0 atom stereocenters. The second-order valence-corrected chi connectivity index (χ2v) is 3.28. The number of carbonyl (C=O) groups excluding carboxylic acids is 2. The van der Waals surface area contributed by atoms with Crippen molar-refractivity contribution in [2.75, 3.05) is 21.0 Å². The molecule has 0 saturated heterocycles. The smallest absolute Gasteiger partial charge is 0.382 e. The van der Waals surface area contributed by atoms with Crippen LogP contribution in [0.25, 0.3) is 0 Å². The Morgan fingerprint density at radius 2 is 1.89 bits per heavy atom. The molecule has 1 aromatic rings. The van der Waals surface area contributed by atoms with E-state index < -0.39 is 11.8 Å². The van der Waals surface area contributed by atoms with Crippen LogP contribution in [0.2, 0.25) is 0 Å². The fourth-order valence-electron chi connectivity index (χ4n) is 1.30. The first-order chi connectivity index (χ1) is 9.13. The van der Waals surface area contributed by atoms with Gasteiger partial charge in [0.2, 0.25) is 6.79 Å². The van der Waals surface area contributed by atoms with Crippen molar-refractivity contribution in [1.82, 2.24) is 0 Å². The zero-order valence-corrected chi connectivity index (χ0v) is 10.7. The van der Waals surface area contributed by atoms with Crippen LogP contribution in [-0.4, -0.2) is 32.8 Å². The summed E-state index contributed by atoms with van der Waals surface area (Å²) >= 11 is 0. The van der Waals surface area contributed by atoms with Crippen LogP contribution in [0.15, 0.2) is 31.0 Å². The number of carbonyl (C=O) groups is 2. The molecule has 0 amide bonds. The Morgan fingerprint density at radius 3 is 2.47 bits per heavy atom. The fourth-order valence-corrected chi connectivity index (χ4v) is 1.30. The van der Waals surface area contributed by atoms with E-state index in [9.17, 15) is 9.59 Å². The molecule has 0 unspecified atom stereocenters. The van der Waals surface area contributed by atoms with Gasteiger partial charge in [-0.25, -0.2) is 4.79 Å². The summed E-state index contributed by atoms with van der Waals surface area (Å²) in [5, 5.41) is 0. The zero-order valence-electron chi connectivity index (χ0n) is 10.7. The second-order valence-electron chi connectivity index (χ2n) is 3.28. The summed E-state index contributed by atoms with van der Waals surface area (Å²) in [5.41, 5.74) is 0.140. The predicted octanol–water partition coefficient (Wildman–Crippen LogP) is 1.55. The molecule has 6 heteroatoms. The molecule has 102 valence electrons. The van der Waals surface area contributed by atoms with Crippen LogP contribution >= 0.6 is 0 Å². The highest BCUT2D eigenvalue weighted by Gasteiger charge is 2.19. The molecule has 19 heavy (non-hydrogen) atoms. The van der Waals surface area contributed by atoms with E-state index in [2.05, 4.69) is 16.1 Å². The van der Waals surface area contributed by atoms with Crippen LogP contribution in [0.5, 0.6) is 11.5 Å². The molecule has 0 saturated carbocycles. The highest BCUT2D eigenvalue weighted by atomic mass is 16.7. The maximum Gasteiger partial charge on any atom is 0.382 e. The van der Waals surface area contributed by atoms with Gasteiger partial charge in [-0.15, -0.1) is 0 Å². The van der Waals surface area contributed by atoms with Crippen molar-refractivity contribution in [1.29, 1.82) is 0 Å². The first kappa shape index (κ1) is 14.6. The lowest BCUT2D eigenvalue weighted by Gasteiger charge is -2.08. The number of hydrogen-bond acceptors (Lipinski definition) is 6. The molecule has 6 nitrogen and oxygen atoms in total. The quantitative estimate of drug-likeness (QED) is 0.186. The van der Waals surface area contributed by atoms with E-state index in [-0.39, 0.29) is 12.4 Å². The normalized spacial score (nSPS) is 9.37. The van der Waals surface area contributed by atoms with E-state index in [0.717, 1.165) is 6.26 Å². The van der Waals surface area contributed by atoms with Crippen LogP contribution in [0.4, 0.5) is 0 Å². The summed E-state index contributed by atoms with van der Waals surface area (Å²) in [6.45, 7) is 2.91. The third kappa shape index (κ3) is 3.74. The Balaban J connectivity index is 2.82. The molecule has 0 radical (unpaired) electrons. The number of benzene rings is 1. The molecule has 0 bridgehead atoms. The van der Waals surface area contributed by atoms with Gasteiger partial charge < -0.3 is 18.9 Å². The van der Waals surface area contributed by atoms with Gasteiger partial charge in [0.1, 0.15) is 0 Å². The van der Waals surface area contributed by atoms with Gasteiger partial charge in [0.05, 0.1) is 20.5 Å². The molecule has 0 fully saturated rings. The van der Waals surface area contributed by atoms with E-state index in [4.69, 9.17) is 9.47 Å². The highest BCUT2D eigenvalue weighted by molar-refractivity contribution is 6.40. The van der Waals surface area contributed by atoms with Crippen LogP contribution < -0.4 is 9.47 Å². The van der Waals surface area contributed by atoms with Gasteiger partial charge in [0.25, 0.3) is 5.78 Å². The molecule has 0 heterocycles. The van der Waals surface area contributed by atoms with Crippen molar-refractivity contribution < 1.29 is 28.5 Å². The lowest BCUT2D eigenvalue weighted by Crippen LogP contribution is -2.18. The Labute approximate surface area is 110 Å². The largest absolute Gasteiger partial charge is 0.493 e. The second kappa shape index (κ2) is 7.05. The van der Waals surface area contributed by atoms with Gasteiger partial charge in [-0.05, 0) is 18.2 Å². The van der Waals surface area contributed by atoms with Crippen LogP contribution in [0.3, 0.4) is 0 Å². The SMILES string of the molecule is C=COCOC(=O)C(=O)c1ccc(OC)c(OC)c1. The maximum absolute atomic E-state index is 11.8. The summed E-state index contributed by atoms with van der Waals surface area (Å²) in [7, 11) is 2.91. The van der Waals surface area contributed by atoms with Gasteiger partial charge in [-0.2, -0.15) is 0 Å². The van der Waals surface area contributed by atoms with Gasteiger partial charge in [-0.3, -0.25) is 4.79 Å². The first-order valence-corrected chi connectivity index (χ1v) is 5.30. The molecule has 0 spiro atoms. The minimum absolute atomic E-state index is 0.140. The van der Waals surface area contributed by atoms with Gasteiger partial charge in [0.15, 0.2) is 11.5 Å². The van der Waals surface area contributed by atoms with Crippen molar-refractivity contribution >= 4 is 11.8 Å². The van der Waals surface area contributed by atoms with Crippen molar-refractivity contribution in [3.63, 3.8) is 0 Å². The highest BCUT2D eigenvalue weighted by Crippen LogP contribution is 2.27. The van der Waals surface area contributed by atoms with Gasteiger partial charge in [0, 0.05) is 5.56 Å². The van der Waals surface area contributed by atoms with Crippen LogP contribution in [-0.2, 0) is 14.3 Å². The van der Waals surface area contributed by atoms with Crippen molar-refractivity contribution in [2.24, 2.45) is 0 Å². The van der Waals surface area contributed by atoms with Crippen LogP contribution in [0.1, 0.15) is 10.4 Å². The van der Waals surface area contributed by atoms with Crippen molar-refractivity contribution in [3.8, 4) is 11.5 Å². The molecule has 0 aliphatic rings. The molecular weight excluding hydrogens is 252 g/mol. The van der Waals surface area contributed by atoms with E-state index in [1.54, 1.807) is 0 Å². The summed E-state index contributed by atoms with van der Waals surface area (Å²) < 4.78 is 19.2. The molecule has 1 aromatic carbocycles. The number of methoxy groups -OCH3 is 2. The van der Waals surface area contributed by atoms with E-state index in [0.29, 0.717) is 11.5 Å². The number of ether oxygens (including phenoxy) is 4. The van der Waals surface area contributed by atoms with E-state index in [1.807, 2.05) is 0 Å². The van der Waals surface area contributed by atoms with E-state index in [1.165, 1.54) is 32.4 Å². The number of ketones is 1. The minimum atomic E-state index is -1.02. The standard InChI is InChI=1S/C13H14O6/c1-4-18-8-19-13(15)12(14)9-5-6-10(16-2)11(7-9)17-3/h4-7H,1,8H2,2-3H3. The zero-order chi connectivity index (χ0) is 14.3. The number of Topliss-reactive ketones (excluding diaryl/α,β-unsaturated/α-hetero) is 1. The van der Waals surface area contributed by atoms with E-state index >= 15 is 0 Å². The average molecular weight is 266 g/mol. The minimum Gasteiger partial charge on any atom is -0.493 e. The molecule has 0 aromatic heterocycles. The fraction of sp³-hybridized carbons (Fsp3) is 0.231. The molecule has 0 aliphatic carbocycles. The number of esters is 1. The van der Waals surface area contributed by atoms with Gasteiger partial charge in [-0.1, -0.05) is 6.58 Å². The third-order valence-electron chi connectivity index (χ3n) is 2.21. The summed E-state index contributed by atoms with van der Waals surface area (Å²) in [4.78, 5) is 23.2. The summed E-state index contributed by atoms with van der Waals surface area (Å²) in [5.74, 6) is -1.01. The lowest BCUT2D eigenvalue weighted by atomic mass is 10.1. The number of rotatable bonds is 7. The Hall–Kier alpha value is -2.50. The topological polar surface area (TPSA) is 71.1 Å². The average Bonchev–Trinajstić information content (AvgIpc) is 2.45. The van der Waals surface area contributed by atoms with Gasteiger partial charge >= 0.3 is 5.97 Å². The third-order valence-corrected chi connectivity index (χ3v) is 2.21. The lowest BCUT2D eigenvalue weighted by molar-refractivity contribution is -0.146. The van der Waals surface area contributed by atoms with Crippen molar-refractivity contribution in [2.45, 2.75) is 0 Å². The van der Waals surface area contributed by atoms with Crippen LogP contribution in [0, 0.1) is 0 Å². The monoisotopic (exact) mass is 266 g/mol. The Bertz CT molecular complexity index is 480. The molecule has 0 N–H and O–H groups in total. The Kier molecular flexibility index (Phi) is 5.40.